The van der Waals surface area contributed by atoms with Crippen molar-refractivity contribution in [2.24, 2.45) is 0 Å². The summed E-state index contributed by atoms with van der Waals surface area (Å²) in [5, 5.41) is 2.13. The molecule has 0 atom stereocenters. The van der Waals surface area contributed by atoms with Gasteiger partial charge in [0.25, 0.3) is 11.8 Å². The Labute approximate surface area is 159 Å². The first-order valence-electron chi connectivity index (χ1n) is 8.44. The highest BCUT2D eigenvalue weighted by molar-refractivity contribution is 6.39. The van der Waals surface area contributed by atoms with Crippen LogP contribution in [0.25, 0.3) is 11.8 Å². The van der Waals surface area contributed by atoms with Gasteiger partial charge in [-0.2, -0.15) is 0 Å². The molecule has 0 radical (unpaired) electrons. The van der Waals surface area contributed by atoms with Gasteiger partial charge in [0.15, 0.2) is 0 Å². The van der Waals surface area contributed by atoms with Crippen LogP contribution in [0, 0.1) is 5.82 Å². The largest absolute Gasteiger partial charge is 0.335 e. The molecule has 1 N–H and O–H groups in total. The van der Waals surface area contributed by atoms with Gasteiger partial charge in [-0.3, -0.25) is 14.9 Å². The van der Waals surface area contributed by atoms with E-state index in [0.29, 0.717) is 5.69 Å². The van der Waals surface area contributed by atoms with E-state index in [2.05, 4.69) is 5.32 Å². The molecule has 0 bridgehead atoms. The summed E-state index contributed by atoms with van der Waals surface area (Å²) in [4.78, 5) is 38.1. The molecule has 7 heteroatoms. The van der Waals surface area contributed by atoms with Gasteiger partial charge in [0.05, 0.1) is 5.69 Å². The molecule has 0 saturated carbocycles. The molecule has 1 saturated heterocycles. The average Bonchev–Trinajstić information content (AvgIpc) is 3.14. The normalized spacial score (nSPS) is 15.8. The van der Waals surface area contributed by atoms with Gasteiger partial charge in [0.2, 0.25) is 0 Å². The Bertz CT molecular complexity index is 1120. The standard InChI is InChI=1S/C21H14FN3O3/c22-14-6-4-9-17(12-14)25-20(27)18(19(26)23-21(25)28)13-16-10-5-11-24(16)15-7-2-1-3-8-15/h1-13H,(H,23,26,28)/b18-13-. The zero-order chi connectivity index (χ0) is 19.7. The van der Waals surface area contributed by atoms with Crippen molar-refractivity contribution < 1.29 is 18.8 Å². The Balaban J connectivity index is 1.76. The summed E-state index contributed by atoms with van der Waals surface area (Å²) in [5.41, 5.74) is 1.25. The molecule has 4 rings (SSSR count). The zero-order valence-corrected chi connectivity index (χ0v) is 14.5. The monoisotopic (exact) mass is 375 g/mol. The molecule has 0 spiro atoms. The fourth-order valence-corrected chi connectivity index (χ4v) is 2.99. The third-order valence-electron chi connectivity index (χ3n) is 4.27. The van der Waals surface area contributed by atoms with Crippen molar-refractivity contribution in [2.75, 3.05) is 4.90 Å². The van der Waals surface area contributed by atoms with Crippen LogP contribution in [0.2, 0.25) is 0 Å². The highest BCUT2D eigenvalue weighted by atomic mass is 19.1. The lowest BCUT2D eigenvalue weighted by Crippen LogP contribution is -2.54. The van der Waals surface area contributed by atoms with Crippen molar-refractivity contribution in [2.45, 2.75) is 0 Å². The number of anilines is 1. The molecule has 2 aromatic carbocycles. The molecule has 1 fully saturated rings. The maximum absolute atomic E-state index is 13.5. The Morgan fingerprint density at radius 2 is 1.61 bits per heavy atom. The molecule has 0 aliphatic carbocycles. The number of urea groups is 1. The summed E-state index contributed by atoms with van der Waals surface area (Å²) >= 11 is 0. The Hall–Kier alpha value is -4.00. The van der Waals surface area contributed by atoms with Crippen LogP contribution in [0.3, 0.4) is 0 Å². The SMILES string of the molecule is O=C1NC(=O)N(c2cccc(F)c2)C(=O)/C1=C\c1cccn1-c1ccccc1. The van der Waals surface area contributed by atoms with Crippen LogP contribution in [0.4, 0.5) is 14.9 Å². The first kappa shape index (κ1) is 17.4. The van der Waals surface area contributed by atoms with E-state index in [1.165, 1.54) is 24.3 Å². The summed E-state index contributed by atoms with van der Waals surface area (Å²) in [6, 6.07) is 17.0. The van der Waals surface area contributed by atoms with E-state index in [1.54, 1.807) is 22.9 Å². The summed E-state index contributed by atoms with van der Waals surface area (Å²) < 4.78 is 15.3. The minimum absolute atomic E-state index is 0.0411. The maximum Gasteiger partial charge on any atom is 0.335 e. The molecule has 138 valence electrons. The third kappa shape index (κ3) is 3.09. The number of barbiturate groups is 1. The number of halogens is 1. The van der Waals surface area contributed by atoms with Gasteiger partial charge in [-0.05, 0) is 48.5 Å². The third-order valence-corrected chi connectivity index (χ3v) is 4.27. The van der Waals surface area contributed by atoms with Gasteiger partial charge in [-0.25, -0.2) is 14.1 Å². The molecule has 1 aliphatic heterocycles. The Morgan fingerprint density at radius 1 is 0.857 bits per heavy atom. The number of para-hydroxylation sites is 1. The molecular weight excluding hydrogens is 361 g/mol. The molecule has 28 heavy (non-hydrogen) atoms. The number of imide groups is 2. The zero-order valence-electron chi connectivity index (χ0n) is 14.5. The molecule has 3 aromatic rings. The van der Waals surface area contributed by atoms with E-state index >= 15 is 0 Å². The molecule has 0 unspecified atom stereocenters. The molecule has 6 nitrogen and oxygen atoms in total. The van der Waals surface area contributed by atoms with Crippen molar-refractivity contribution in [1.82, 2.24) is 9.88 Å². The minimum atomic E-state index is -0.920. The highest BCUT2D eigenvalue weighted by Crippen LogP contribution is 2.23. The van der Waals surface area contributed by atoms with Gasteiger partial charge >= 0.3 is 6.03 Å². The number of nitrogens with one attached hydrogen (secondary N) is 1. The van der Waals surface area contributed by atoms with Crippen molar-refractivity contribution in [3.8, 4) is 5.69 Å². The van der Waals surface area contributed by atoms with Crippen LogP contribution in [-0.2, 0) is 9.59 Å². The highest BCUT2D eigenvalue weighted by Gasteiger charge is 2.37. The summed E-state index contributed by atoms with van der Waals surface area (Å²) in [5.74, 6) is -2.22. The number of carbonyl (C=O) groups is 3. The van der Waals surface area contributed by atoms with Crippen LogP contribution in [0.1, 0.15) is 5.69 Å². The number of carbonyl (C=O) groups excluding carboxylic acids is 3. The summed E-state index contributed by atoms with van der Waals surface area (Å²) in [6.07, 6.45) is 3.20. The average molecular weight is 375 g/mol. The summed E-state index contributed by atoms with van der Waals surface area (Å²) in [7, 11) is 0. The van der Waals surface area contributed by atoms with Gasteiger partial charge in [-0.1, -0.05) is 24.3 Å². The van der Waals surface area contributed by atoms with Crippen LogP contribution >= 0.6 is 0 Å². The van der Waals surface area contributed by atoms with E-state index in [9.17, 15) is 18.8 Å². The molecular formula is C21H14FN3O3. The van der Waals surface area contributed by atoms with Crippen molar-refractivity contribution in [3.63, 3.8) is 0 Å². The van der Waals surface area contributed by atoms with Crippen LogP contribution in [0.5, 0.6) is 0 Å². The fourth-order valence-electron chi connectivity index (χ4n) is 2.99. The number of amides is 4. The summed E-state index contributed by atoms with van der Waals surface area (Å²) in [6.45, 7) is 0. The first-order chi connectivity index (χ1) is 13.5. The number of hydrogen-bond acceptors (Lipinski definition) is 3. The van der Waals surface area contributed by atoms with Crippen LogP contribution in [0.15, 0.2) is 78.5 Å². The van der Waals surface area contributed by atoms with Gasteiger partial charge in [0, 0.05) is 17.6 Å². The molecule has 1 aromatic heterocycles. The van der Waals surface area contributed by atoms with E-state index in [-0.39, 0.29) is 11.3 Å². The van der Waals surface area contributed by atoms with Gasteiger partial charge in [0.1, 0.15) is 11.4 Å². The number of benzene rings is 2. The molecule has 1 aliphatic rings. The Morgan fingerprint density at radius 3 is 2.36 bits per heavy atom. The quantitative estimate of drug-likeness (QED) is 0.564. The predicted molar refractivity (Wildman–Crippen MR) is 101 cm³/mol. The second-order valence-corrected chi connectivity index (χ2v) is 6.08. The van der Waals surface area contributed by atoms with Crippen LogP contribution in [-0.4, -0.2) is 22.4 Å². The topological polar surface area (TPSA) is 71.4 Å². The first-order valence-corrected chi connectivity index (χ1v) is 8.44. The number of aromatic nitrogens is 1. The number of hydrogen-bond donors (Lipinski definition) is 1. The molecule has 4 amide bonds. The van der Waals surface area contributed by atoms with E-state index in [1.807, 2.05) is 30.3 Å². The lowest BCUT2D eigenvalue weighted by Gasteiger charge is -2.26. The maximum atomic E-state index is 13.5. The van der Waals surface area contributed by atoms with Crippen LogP contribution < -0.4 is 10.2 Å². The lowest BCUT2D eigenvalue weighted by molar-refractivity contribution is -0.122. The predicted octanol–water partition coefficient (Wildman–Crippen LogP) is 3.28. The Kier molecular flexibility index (Phi) is 4.33. The van der Waals surface area contributed by atoms with E-state index in [0.717, 1.165) is 16.7 Å². The van der Waals surface area contributed by atoms with Crippen molar-refractivity contribution >= 4 is 29.6 Å². The second kappa shape index (κ2) is 6.96. The fraction of sp³-hybridized carbons (Fsp3) is 0. The van der Waals surface area contributed by atoms with Crippen molar-refractivity contribution in [3.05, 3.63) is 90.0 Å². The minimum Gasteiger partial charge on any atom is -0.317 e. The molecule has 2 heterocycles. The van der Waals surface area contributed by atoms with Gasteiger partial charge in [-0.15, -0.1) is 0 Å². The van der Waals surface area contributed by atoms with Crippen molar-refractivity contribution in [1.29, 1.82) is 0 Å². The smallest absolute Gasteiger partial charge is 0.317 e. The van der Waals surface area contributed by atoms with E-state index < -0.39 is 23.7 Å². The lowest BCUT2D eigenvalue weighted by atomic mass is 10.1. The van der Waals surface area contributed by atoms with Gasteiger partial charge < -0.3 is 4.57 Å². The number of rotatable bonds is 3. The number of nitrogens with zero attached hydrogens (tertiary/aromatic N) is 2. The second-order valence-electron chi connectivity index (χ2n) is 6.08. The van der Waals surface area contributed by atoms with E-state index in [4.69, 9.17) is 0 Å².